The first kappa shape index (κ1) is 13.8. The van der Waals surface area contributed by atoms with Gasteiger partial charge in [0.2, 0.25) is 0 Å². The Labute approximate surface area is 116 Å². The average molecular weight is 268 g/mol. The van der Waals surface area contributed by atoms with Crippen molar-refractivity contribution in [1.29, 1.82) is 0 Å². The second kappa shape index (κ2) is 6.53. The summed E-state index contributed by atoms with van der Waals surface area (Å²) in [5.41, 5.74) is 0. The van der Waals surface area contributed by atoms with Crippen LogP contribution in [0.15, 0.2) is 0 Å². The van der Waals surface area contributed by atoms with Crippen LogP contribution in [0.4, 0.5) is 0 Å². The smallest absolute Gasteiger partial charge is 0.0707 e. The van der Waals surface area contributed by atoms with Crippen LogP contribution in [-0.4, -0.2) is 62.5 Å². The molecule has 1 N–H and O–H groups in total. The third kappa shape index (κ3) is 4.15. The standard InChI is InChI=1S/C15H28N2O2/c1-17(13-6-8-18-9-7-13)11-15-5-4-14(19-15)10-16-12-2-3-12/h12-16H,2-11H2,1H3. The zero-order chi connectivity index (χ0) is 13.1. The van der Waals surface area contributed by atoms with Crippen molar-refractivity contribution in [3.63, 3.8) is 0 Å². The SMILES string of the molecule is CN(CC1CCC(CNC2CC2)O1)C1CCOCC1. The van der Waals surface area contributed by atoms with E-state index in [1.807, 2.05) is 0 Å². The van der Waals surface area contributed by atoms with Crippen LogP contribution in [-0.2, 0) is 9.47 Å². The van der Waals surface area contributed by atoms with Crippen LogP contribution >= 0.6 is 0 Å². The molecule has 4 heteroatoms. The van der Waals surface area contributed by atoms with E-state index in [0.29, 0.717) is 18.2 Å². The summed E-state index contributed by atoms with van der Waals surface area (Å²) >= 11 is 0. The molecule has 0 aromatic carbocycles. The van der Waals surface area contributed by atoms with Crippen molar-refractivity contribution in [3.05, 3.63) is 0 Å². The number of nitrogens with zero attached hydrogens (tertiary/aromatic N) is 1. The highest BCUT2D eigenvalue weighted by molar-refractivity contribution is 4.85. The molecular formula is C15H28N2O2. The number of hydrogen-bond acceptors (Lipinski definition) is 4. The first-order valence-electron chi connectivity index (χ1n) is 7.98. The highest BCUT2D eigenvalue weighted by Gasteiger charge is 2.30. The Morgan fingerprint density at radius 3 is 2.47 bits per heavy atom. The van der Waals surface area contributed by atoms with Crippen LogP contribution in [0.5, 0.6) is 0 Å². The van der Waals surface area contributed by atoms with Crippen molar-refractivity contribution >= 4 is 0 Å². The van der Waals surface area contributed by atoms with E-state index in [-0.39, 0.29) is 0 Å². The molecule has 4 nitrogen and oxygen atoms in total. The van der Waals surface area contributed by atoms with Crippen molar-refractivity contribution in [2.75, 3.05) is 33.4 Å². The summed E-state index contributed by atoms with van der Waals surface area (Å²) in [6.45, 7) is 4.00. The minimum atomic E-state index is 0.443. The molecule has 0 spiro atoms. The minimum absolute atomic E-state index is 0.443. The van der Waals surface area contributed by atoms with Crippen molar-refractivity contribution in [1.82, 2.24) is 10.2 Å². The van der Waals surface area contributed by atoms with E-state index in [4.69, 9.17) is 9.47 Å². The third-order valence-electron chi connectivity index (χ3n) is 4.71. The predicted molar refractivity (Wildman–Crippen MR) is 75.4 cm³/mol. The lowest BCUT2D eigenvalue weighted by Gasteiger charge is -2.32. The van der Waals surface area contributed by atoms with E-state index >= 15 is 0 Å². The van der Waals surface area contributed by atoms with Gasteiger partial charge in [0.25, 0.3) is 0 Å². The molecule has 2 aliphatic heterocycles. The highest BCUT2D eigenvalue weighted by Crippen LogP contribution is 2.24. The van der Waals surface area contributed by atoms with E-state index in [9.17, 15) is 0 Å². The maximum Gasteiger partial charge on any atom is 0.0707 e. The van der Waals surface area contributed by atoms with Crippen LogP contribution in [0.1, 0.15) is 38.5 Å². The molecule has 3 aliphatic rings. The number of ether oxygens (including phenoxy) is 2. The van der Waals surface area contributed by atoms with E-state index in [2.05, 4.69) is 17.3 Å². The molecule has 2 atom stereocenters. The average Bonchev–Trinajstić information content (AvgIpc) is 3.17. The van der Waals surface area contributed by atoms with Gasteiger partial charge in [0, 0.05) is 38.4 Å². The first-order chi connectivity index (χ1) is 9.31. The summed E-state index contributed by atoms with van der Waals surface area (Å²) < 4.78 is 11.6. The van der Waals surface area contributed by atoms with Gasteiger partial charge in [-0.2, -0.15) is 0 Å². The molecule has 0 aromatic heterocycles. The van der Waals surface area contributed by atoms with Crippen LogP contribution < -0.4 is 5.32 Å². The molecular weight excluding hydrogens is 240 g/mol. The van der Waals surface area contributed by atoms with Crippen LogP contribution in [0.25, 0.3) is 0 Å². The maximum absolute atomic E-state index is 6.17. The lowest BCUT2D eigenvalue weighted by Crippen LogP contribution is -2.41. The normalized spacial score (nSPS) is 33.2. The van der Waals surface area contributed by atoms with Crippen LogP contribution in [0.2, 0.25) is 0 Å². The maximum atomic E-state index is 6.17. The molecule has 0 amide bonds. The Kier molecular flexibility index (Phi) is 4.74. The molecule has 110 valence electrons. The van der Waals surface area contributed by atoms with E-state index < -0.39 is 0 Å². The quantitative estimate of drug-likeness (QED) is 0.789. The van der Waals surface area contributed by atoms with Crippen molar-refractivity contribution in [2.45, 2.75) is 62.8 Å². The van der Waals surface area contributed by atoms with Gasteiger partial charge in [0.15, 0.2) is 0 Å². The molecule has 2 unspecified atom stereocenters. The Morgan fingerprint density at radius 1 is 1.00 bits per heavy atom. The van der Waals surface area contributed by atoms with Crippen LogP contribution in [0, 0.1) is 0 Å². The van der Waals surface area contributed by atoms with Gasteiger partial charge in [-0.3, -0.25) is 0 Å². The van der Waals surface area contributed by atoms with Gasteiger partial charge >= 0.3 is 0 Å². The lowest BCUT2D eigenvalue weighted by molar-refractivity contribution is -0.00138. The molecule has 1 aliphatic carbocycles. The van der Waals surface area contributed by atoms with E-state index in [1.54, 1.807) is 0 Å². The Bertz CT molecular complexity index is 277. The van der Waals surface area contributed by atoms with Gasteiger partial charge in [-0.15, -0.1) is 0 Å². The fourth-order valence-electron chi connectivity index (χ4n) is 3.25. The molecule has 1 saturated carbocycles. The summed E-state index contributed by atoms with van der Waals surface area (Å²) in [4.78, 5) is 2.49. The third-order valence-corrected chi connectivity index (χ3v) is 4.71. The van der Waals surface area contributed by atoms with Gasteiger partial charge in [0.1, 0.15) is 0 Å². The van der Waals surface area contributed by atoms with Crippen molar-refractivity contribution in [2.24, 2.45) is 0 Å². The number of rotatable bonds is 6. The zero-order valence-corrected chi connectivity index (χ0v) is 12.1. The van der Waals surface area contributed by atoms with Crippen LogP contribution in [0.3, 0.4) is 0 Å². The minimum Gasteiger partial charge on any atom is -0.381 e. The Morgan fingerprint density at radius 2 is 1.74 bits per heavy atom. The Hall–Kier alpha value is -0.160. The van der Waals surface area contributed by atoms with Gasteiger partial charge in [-0.05, 0) is 45.6 Å². The molecule has 2 heterocycles. The number of hydrogen-bond donors (Lipinski definition) is 1. The molecule has 2 saturated heterocycles. The zero-order valence-electron chi connectivity index (χ0n) is 12.1. The summed E-state index contributed by atoms with van der Waals surface area (Å²) in [5.74, 6) is 0. The summed E-state index contributed by atoms with van der Waals surface area (Å²) in [6, 6.07) is 1.49. The predicted octanol–water partition coefficient (Wildman–Crippen LogP) is 1.40. The topological polar surface area (TPSA) is 33.7 Å². The highest BCUT2D eigenvalue weighted by atomic mass is 16.5. The monoisotopic (exact) mass is 268 g/mol. The van der Waals surface area contributed by atoms with Gasteiger partial charge in [-0.25, -0.2) is 0 Å². The van der Waals surface area contributed by atoms with Crippen molar-refractivity contribution in [3.8, 4) is 0 Å². The number of likely N-dealkylation sites (N-methyl/N-ethyl adjacent to an activating group) is 1. The van der Waals surface area contributed by atoms with Crippen molar-refractivity contribution < 1.29 is 9.47 Å². The first-order valence-corrected chi connectivity index (χ1v) is 7.98. The van der Waals surface area contributed by atoms with E-state index in [0.717, 1.165) is 32.3 Å². The molecule has 3 rings (SSSR count). The Balaban J connectivity index is 1.35. The largest absolute Gasteiger partial charge is 0.381 e. The molecule has 0 bridgehead atoms. The van der Waals surface area contributed by atoms with Gasteiger partial charge < -0.3 is 19.7 Å². The summed E-state index contributed by atoms with van der Waals surface area (Å²) in [6.07, 6.45) is 8.43. The number of nitrogens with one attached hydrogen (secondary N) is 1. The summed E-state index contributed by atoms with van der Waals surface area (Å²) in [7, 11) is 2.25. The van der Waals surface area contributed by atoms with E-state index in [1.165, 1.54) is 38.5 Å². The summed E-state index contributed by atoms with van der Waals surface area (Å²) in [5, 5.41) is 3.58. The van der Waals surface area contributed by atoms with Gasteiger partial charge in [0.05, 0.1) is 12.2 Å². The molecule has 3 fully saturated rings. The second-order valence-electron chi connectivity index (χ2n) is 6.42. The van der Waals surface area contributed by atoms with Gasteiger partial charge in [-0.1, -0.05) is 0 Å². The second-order valence-corrected chi connectivity index (χ2v) is 6.42. The molecule has 19 heavy (non-hydrogen) atoms. The molecule has 0 radical (unpaired) electrons. The fourth-order valence-corrected chi connectivity index (χ4v) is 3.25. The molecule has 0 aromatic rings. The lowest BCUT2D eigenvalue weighted by atomic mass is 10.1. The fraction of sp³-hybridized carbons (Fsp3) is 1.00.